The Morgan fingerprint density at radius 1 is 1.07 bits per heavy atom. The first kappa shape index (κ1) is 19.4. The minimum Gasteiger partial charge on any atom is -0.378 e. The number of hydrogen-bond acceptors (Lipinski definition) is 5. The summed E-state index contributed by atoms with van der Waals surface area (Å²) < 4.78 is 0. The minimum absolute atomic E-state index is 0.170. The van der Waals surface area contributed by atoms with Crippen LogP contribution in [0.1, 0.15) is 12.5 Å². The lowest BCUT2D eigenvalue weighted by atomic mass is 10.1. The standard InChI is InChI=1S/C22H19ClN4OS/c1-14-19(12-15-4-10-18(11-5-15)26(2)3)21(28)27(25-14)22-24-20(13-29-22)16-6-8-17(23)9-7-16/h4-13H,1-3H3/b19-12+. The van der Waals surface area contributed by atoms with Crippen LogP contribution in [0.5, 0.6) is 0 Å². The molecule has 0 saturated carbocycles. The lowest BCUT2D eigenvalue weighted by Gasteiger charge is -2.12. The van der Waals surface area contributed by atoms with E-state index in [2.05, 4.69) is 10.1 Å². The third-order valence-corrected chi connectivity index (χ3v) is 5.66. The Morgan fingerprint density at radius 2 is 1.76 bits per heavy atom. The first-order valence-corrected chi connectivity index (χ1v) is 10.3. The van der Waals surface area contributed by atoms with Crippen molar-refractivity contribution in [3.05, 3.63) is 70.1 Å². The average Bonchev–Trinajstić information content (AvgIpc) is 3.29. The number of thiazole rings is 1. The van der Waals surface area contributed by atoms with Crippen molar-refractivity contribution in [1.82, 2.24) is 4.98 Å². The molecule has 1 aliphatic heterocycles. The van der Waals surface area contributed by atoms with E-state index in [1.54, 1.807) is 0 Å². The van der Waals surface area contributed by atoms with E-state index in [1.807, 2.05) is 85.9 Å². The number of carbonyl (C=O) groups excluding carboxylic acids is 1. The molecule has 0 N–H and O–H groups in total. The second-order valence-electron chi connectivity index (χ2n) is 6.87. The third kappa shape index (κ3) is 3.95. The van der Waals surface area contributed by atoms with Crippen LogP contribution >= 0.6 is 22.9 Å². The van der Waals surface area contributed by atoms with Gasteiger partial charge in [0.05, 0.1) is 17.0 Å². The molecule has 146 valence electrons. The molecule has 2 aromatic carbocycles. The largest absolute Gasteiger partial charge is 0.378 e. The van der Waals surface area contributed by atoms with E-state index in [-0.39, 0.29) is 5.91 Å². The van der Waals surface area contributed by atoms with E-state index in [0.29, 0.717) is 21.4 Å². The molecule has 0 aliphatic carbocycles. The Kier molecular flexibility index (Phi) is 5.22. The number of anilines is 2. The number of amides is 1. The zero-order valence-corrected chi connectivity index (χ0v) is 17.8. The Labute approximate surface area is 178 Å². The van der Waals surface area contributed by atoms with Crippen molar-refractivity contribution < 1.29 is 4.79 Å². The van der Waals surface area contributed by atoms with Crippen molar-refractivity contribution in [3.8, 4) is 11.3 Å². The quantitative estimate of drug-likeness (QED) is 0.533. The maximum absolute atomic E-state index is 13.0. The van der Waals surface area contributed by atoms with Gasteiger partial charge >= 0.3 is 0 Å². The Morgan fingerprint density at radius 3 is 2.41 bits per heavy atom. The van der Waals surface area contributed by atoms with Crippen LogP contribution in [0.25, 0.3) is 17.3 Å². The van der Waals surface area contributed by atoms with E-state index < -0.39 is 0 Å². The number of hydrogen-bond donors (Lipinski definition) is 0. The van der Waals surface area contributed by atoms with E-state index in [1.165, 1.54) is 16.3 Å². The molecular formula is C22H19ClN4OS. The Bertz CT molecular complexity index is 1110. The van der Waals surface area contributed by atoms with Gasteiger partial charge in [0, 0.05) is 35.7 Å². The molecule has 0 spiro atoms. The summed E-state index contributed by atoms with van der Waals surface area (Å²) in [6.07, 6.45) is 1.87. The molecule has 0 bridgehead atoms. The molecule has 5 nitrogen and oxygen atoms in total. The zero-order chi connectivity index (χ0) is 20.5. The van der Waals surface area contributed by atoms with Crippen LogP contribution in [-0.2, 0) is 4.79 Å². The summed E-state index contributed by atoms with van der Waals surface area (Å²) in [6.45, 7) is 1.84. The fourth-order valence-electron chi connectivity index (χ4n) is 2.96. The molecule has 29 heavy (non-hydrogen) atoms. The highest BCUT2D eigenvalue weighted by Gasteiger charge is 2.30. The van der Waals surface area contributed by atoms with Crippen LogP contribution in [0.2, 0.25) is 5.02 Å². The van der Waals surface area contributed by atoms with Gasteiger partial charge in [-0.25, -0.2) is 4.98 Å². The molecule has 3 aromatic rings. The first-order valence-electron chi connectivity index (χ1n) is 9.03. The monoisotopic (exact) mass is 422 g/mol. The van der Waals surface area contributed by atoms with Gasteiger partial charge in [0.1, 0.15) is 0 Å². The van der Waals surface area contributed by atoms with Gasteiger partial charge in [-0.2, -0.15) is 10.1 Å². The third-order valence-electron chi connectivity index (χ3n) is 4.60. The van der Waals surface area contributed by atoms with Crippen LogP contribution in [-0.4, -0.2) is 30.7 Å². The molecule has 1 aromatic heterocycles. The number of benzene rings is 2. The van der Waals surface area contributed by atoms with Gasteiger partial charge in [0.15, 0.2) is 0 Å². The van der Waals surface area contributed by atoms with Gasteiger partial charge in [0.2, 0.25) is 5.13 Å². The molecule has 0 saturated heterocycles. The Hall–Kier alpha value is -2.96. The summed E-state index contributed by atoms with van der Waals surface area (Å²) in [7, 11) is 3.99. The maximum atomic E-state index is 13.0. The van der Waals surface area contributed by atoms with Gasteiger partial charge in [0.25, 0.3) is 5.91 Å². The van der Waals surface area contributed by atoms with E-state index in [0.717, 1.165) is 22.5 Å². The molecule has 7 heteroatoms. The fourth-order valence-corrected chi connectivity index (χ4v) is 3.87. The summed E-state index contributed by atoms with van der Waals surface area (Å²) in [4.78, 5) is 19.6. The average molecular weight is 423 g/mol. The highest BCUT2D eigenvalue weighted by Crippen LogP contribution is 2.32. The second kappa shape index (κ2) is 7.81. The van der Waals surface area contributed by atoms with Crippen molar-refractivity contribution in [2.45, 2.75) is 6.92 Å². The van der Waals surface area contributed by atoms with Crippen molar-refractivity contribution in [1.29, 1.82) is 0 Å². The van der Waals surface area contributed by atoms with Gasteiger partial charge in [-0.15, -0.1) is 11.3 Å². The van der Waals surface area contributed by atoms with Crippen LogP contribution in [0.3, 0.4) is 0 Å². The van der Waals surface area contributed by atoms with Crippen LogP contribution in [0.4, 0.5) is 10.8 Å². The van der Waals surface area contributed by atoms with Crippen LogP contribution in [0, 0.1) is 0 Å². The van der Waals surface area contributed by atoms with Crippen molar-refractivity contribution in [3.63, 3.8) is 0 Å². The van der Waals surface area contributed by atoms with Crippen molar-refractivity contribution >= 4 is 51.5 Å². The second-order valence-corrected chi connectivity index (χ2v) is 8.14. The topological polar surface area (TPSA) is 48.8 Å². The van der Waals surface area contributed by atoms with Gasteiger partial charge in [-0.05, 0) is 42.8 Å². The molecule has 1 amide bonds. The van der Waals surface area contributed by atoms with Gasteiger partial charge in [-0.3, -0.25) is 4.79 Å². The zero-order valence-electron chi connectivity index (χ0n) is 16.3. The number of carbonyl (C=O) groups is 1. The molecule has 0 radical (unpaired) electrons. The molecule has 4 rings (SSSR count). The fraction of sp³-hybridized carbons (Fsp3) is 0.136. The number of hydrazone groups is 1. The number of halogens is 1. The van der Waals surface area contributed by atoms with Gasteiger partial charge < -0.3 is 4.90 Å². The molecule has 2 heterocycles. The number of aromatic nitrogens is 1. The smallest absolute Gasteiger partial charge is 0.282 e. The summed E-state index contributed by atoms with van der Waals surface area (Å²) in [5.41, 5.74) is 5.05. The summed E-state index contributed by atoms with van der Waals surface area (Å²) in [5.74, 6) is -0.170. The Balaban J connectivity index is 1.58. The SMILES string of the molecule is CC1=NN(c2nc(-c3ccc(Cl)cc3)cs2)C(=O)/C1=C/c1ccc(N(C)C)cc1. The summed E-state index contributed by atoms with van der Waals surface area (Å²) in [6, 6.07) is 15.5. The molecule has 0 atom stereocenters. The molecule has 1 aliphatic rings. The maximum Gasteiger partial charge on any atom is 0.282 e. The lowest BCUT2D eigenvalue weighted by molar-refractivity contribution is -0.114. The number of nitrogens with zero attached hydrogens (tertiary/aromatic N) is 4. The summed E-state index contributed by atoms with van der Waals surface area (Å²) in [5, 5.41) is 8.95. The highest BCUT2D eigenvalue weighted by molar-refractivity contribution is 7.14. The lowest BCUT2D eigenvalue weighted by Crippen LogP contribution is -2.21. The van der Waals surface area contributed by atoms with E-state index in [9.17, 15) is 4.79 Å². The normalized spacial score (nSPS) is 15.2. The van der Waals surface area contributed by atoms with Crippen LogP contribution < -0.4 is 9.91 Å². The highest BCUT2D eigenvalue weighted by atomic mass is 35.5. The van der Waals surface area contributed by atoms with Crippen LogP contribution in [0.15, 0.2) is 64.6 Å². The molecule has 0 fully saturated rings. The number of rotatable bonds is 4. The van der Waals surface area contributed by atoms with E-state index >= 15 is 0 Å². The molecule has 0 unspecified atom stereocenters. The summed E-state index contributed by atoms with van der Waals surface area (Å²) >= 11 is 7.34. The predicted octanol–water partition coefficient (Wildman–Crippen LogP) is 5.34. The predicted molar refractivity (Wildman–Crippen MR) is 122 cm³/mol. The van der Waals surface area contributed by atoms with Gasteiger partial charge in [-0.1, -0.05) is 35.9 Å². The minimum atomic E-state index is -0.170. The first-order chi connectivity index (χ1) is 13.9. The molecular weight excluding hydrogens is 404 g/mol. The van der Waals surface area contributed by atoms with E-state index in [4.69, 9.17) is 11.6 Å². The van der Waals surface area contributed by atoms with Crippen molar-refractivity contribution in [2.75, 3.05) is 24.0 Å². The van der Waals surface area contributed by atoms with Crippen molar-refractivity contribution in [2.24, 2.45) is 5.10 Å².